The Kier molecular flexibility index (Phi) is 3.01. The van der Waals surface area contributed by atoms with Crippen molar-refractivity contribution in [1.29, 1.82) is 0 Å². The number of hydrogen-bond donors (Lipinski definition) is 1. The Morgan fingerprint density at radius 2 is 1.92 bits per heavy atom. The first kappa shape index (κ1) is 10.2. The van der Waals surface area contributed by atoms with Gasteiger partial charge in [-0.1, -0.05) is 6.08 Å². The number of rotatable bonds is 2. The van der Waals surface area contributed by atoms with E-state index in [0.717, 1.165) is 6.08 Å². The third-order valence-corrected chi connectivity index (χ3v) is 2.27. The van der Waals surface area contributed by atoms with Crippen molar-refractivity contribution in [2.75, 3.05) is 0 Å². The second kappa shape index (κ2) is 3.85. The Hall–Kier alpha value is -0.930. The molecule has 13 heavy (non-hydrogen) atoms. The van der Waals surface area contributed by atoms with Crippen molar-refractivity contribution in [3.63, 3.8) is 0 Å². The van der Waals surface area contributed by atoms with Gasteiger partial charge < -0.3 is 5.11 Å². The highest BCUT2D eigenvalue weighted by atomic mass is 19.3. The second-order valence-corrected chi connectivity index (χ2v) is 3.39. The van der Waals surface area contributed by atoms with Crippen molar-refractivity contribution in [3.05, 3.63) is 12.2 Å². The smallest absolute Gasteiger partial charge is 0.327 e. The monoisotopic (exact) mass is 190 g/mol. The number of allylic oxidation sites excluding steroid dienone is 1. The van der Waals surface area contributed by atoms with Gasteiger partial charge in [-0.25, -0.2) is 13.6 Å². The SMILES string of the molecule is O=C(O)/C=C/C1CCC(F)(F)CC1. The molecule has 1 saturated carbocycles. The van der Waals surface area contributed by atoms with Crippen molar-refractivity contribution >= 4 is 5.97 Å². The zero-order valence-corrected chi connectivity index (χ0v) is 7.17. The summed E-state index contributed by atoms with van der Waals surface area (Å²) in [4.78, 5) is 10.1. The van der Waals surface area contributed by atoms with Crippen LogP contribution in [0.4, 0.5) is 8.78 Å². The Morgan fingerprint density at radius 3 is 2.38 bits per heavy atom. The number of carboxylic acid groups (broad SMARTS) is 1. The largest absolute Gasteiger partial charge is 0.478 e. The van der Waals surface area contributed by atoms with Crippen LogP contribution in [-0.4, -0.2) is 17.0 Å². The Morgan fingerprint density at radius 1 is 1.38 bits per heavy atom. The summed E-state index contributed by atoms with van der Waals surface area (Å²) in [6.07, 6.45) is 3.07. The van der Waals surface area contributed by atoms with E-state index in [2.05, 4.69) is 0 Å². The van der Waals surface area contributed by atoms with Gasteiger partial charge in [0.15, 0.2) is 0 Å². The second-order valence-electron chi connectivity index (χ2n) is 3.39. The van der Waals surface area contributed by atoms with Crippen LogP contribution in [0.5, 0.6) is 0 Å². The molecule has 4 heteroatoms. The molecule has 0 aliphatic heterocycles. The van der Waals surface area contributed by atoms with E-state index in [9.17, 15) is 13.6 Å². The minimum Gasteiger partial charge on any atom is -0.478 e. The molecule has 0 aromatic heterocycles. The van der Waals surface area contributed by atoms with Crippen molar-refractivity contribution in [2.24, 2.45) is 5.92 Å². The summed E-state index contributed by atoms with van der Waals surface area (Å²) in [6, 6.07) is 0. The number of carbonyl (C=O) groups is 1. The lowest BCUT2D eigenvalue weighted by atomic mass is 9.86. The third kappa shape index (κ3) is 3.53. The first-order valence-corrected chi connectivity index (χ1v) is 4.28. The molecule has 1 rings (SSSR count). The van der Waals surface area contributed by atoms with Crippen LogP contribution >= 0.6 is 0 Å². The number of aliphatic carboxylic acids is 1. The zero-order chi connectivity index (χ0) is 9.90. The van der Waals surface area contributed by atoms with Crippen molar-refractivity contribution in [2.45, 2.75) is 31.6 Å². The lowest BCUT2D eigenvalue weighted by Gasteiger charge is -2.26. The van der Waals surface area contributed by atoms with Gasteiger partial charge in [0.1, 0.15) is 0 Å². The van der Waals surface area contributed by atoms with E-state index in [1.165, 1.54) is 6.08 Å². The summed E-state index contributed by atoms with van der Waals surface area (Å²) in [5, 5.41) is 8.31. The van der Waals surface area contributed by atoms with E-state index in [4.69, 9.17) is 5.11 Å². The summed E-state index contributed by atoms with van der Waals surface area (Å²) < 4.78 is 25.3. The normalized spacial score (nSPS) is 23.5. The van der Waals surface area contributed by atoms with Crippen LogP contribution in [0.2, 0.25) is 0 Å². The number of alkyl halides is 2. The van der Waals surface area contributed by atoms with Gasteiger partial charge in [0.25, 0.3) is 0 Å². The Bertz CT molecular complexity index is 214. The molecule has 1 aliphatic rings. The maximum absolute atomic E-state index is 12.6. The molecule has 0 spiro atoms. The van der Waals surface area contributed by atoms with Crippen LogP contribution in [-0.2, 0) is 4.79 Å². The molecule has 0 unspecified atom stereocenters. The van der Waals surface area contributed by atoms with Crippen molar-refractivity contribution < 1.29 is 18.7 Å². The molecule has 0 aromatic rings. The molecule has 0 bridgehead atoms. The van der Waals surface area contributed by atoms with Crippen LogP contribution < -0.4 is 0 Å². The average molecular weight is 190 g/mol. The van der Waals surface area contributed by atoms with Gasteiger partial charge in [-0.3, -0.25) is 0 Å². The first-order chi connectivity index (χ1) is 5.99. The molecule has 0 saturated heterocycles. The first-order valence-electron chi connectivity index (χ1n) is 4.28. The van der Waals surface area contributed by atoms with E-state index in [0.29, 0.717) is 12.8 Å². The fourth-order valence-corrected chi connectivity index (χ4v) is 1.47. The van der Waals surface area contributed by atoms with Crippen LogP contribution in [0.1, 0.15) is 25.7 Å². The molecular formula is C9H12F2O2. The van der Waals surface area contributed by atoms with Gasteiger partial charge in [0.05, 0.1) is 0 Å². The zero-order valence-electron chi connectivity index (χ0n) is 7.17. The maximum atomic E-state index is 12.6. The van der Waals surface area contributed by atoms with Gasteiger partial charge in [0, 0.05) is 18.9 Å². The summed E-state index contributed by atoms with van der Waals surface area (Å²) in [5.74, 6) is -3.54. The molecule has 0 heterocycles. The summed E-state index contributed by atoms with van der Waals surface area (Å²) >= 11 is 0. The van der Waals surface area contributed by atoms with Crippen molar-refractivity contribution in [3.8, 4) is 0 Å². The minimum absolute atomic E-state index is 0.00993. The molecule has 1 aliphatic carbocycles. The molecule has 0 amide bonds. The highest BCUT2D eigenvalue weighted by molar-refractivity contribution is 5.79. The van der Waals surface area contributed by atoms with E-state index in [1.54, 1.807) is 0 Å². The van der Waals surface area contributed by atoms with E-state index >= 15 is 0 Å². The summed E-state index contributed by atoms with van der Waals surface area (Å²) in [6.45, 7) is 0. The molecule has 0 aromatic carbocycles. The van der Waals surface area contributed by atoms with Gasteiger partial charge >= 0.3 is 5.97 Å². The van der Waals surface area contributed by atoms with Crippen LogP contribution in [0.15, 0.2) is 12.2 Å². The lowest BCUT2D eigenvalue weighted by Crippen LogP contribution is -2.23. The quantitative estimate of drug-likeness (QED) is 0.679. The predicted octanol–water partition coefficient (Wildman–Crippen LogP) is 2.45. The number of carboxylic acids is 1. The Balaban J connectivity index is 2.37. The van der Waals surface area contributed by atoms with Crippen LogP contribution in [0, 0.1) is 5.92 Å². The molecule has 0 atom stereocenters. The lowest BCUT2D eigenvalue weighted by molar-refractivity contribution is -0.131. The molecule has 0 radical (unpaired) electrons. The minimum atomic E-state index is -2.53. The Labute approximate surface area is 75.3 Å². The highest BCUT2D eigenvalue weighted by Crippen LogP contribution is 2.36. The molecule has 2 nitrogen and oxygen atoms in total. The predicted molar refractivity (Wildman–Crippen MR) is 43.7 cm³/mol. The fraction of sp³-hybridized carbons (Fsp3) is 0.667. The number of hydrogen-bond acceptors (Lipinski definition) is 1. The molecule has 1 N–H and O–H groups in total. The van der Waals surface area contributed by atoms with Gasteiger partial charge in [-0.2, -0.15) is 0 Å². The van der Waals surface area contributed by atoms with Gasteiger partial charge in [-0.05, 0) is 18.8 Å². The van der Waals surface area contributed by atoms with Gasteiger partial charge in [0.2, 0.25) is 5.92 Å². The maximum Gasteiger partial charge on any atom is 0.327 e. The standard InChI is InChI=1S/C9H12F2O2/c10-9(11)5-3-7(4-6-9)1-2-8(12)13/h1-2,7H,3-6H2,(H,12,13)/b2-1+. The van der Waals surface area contributed by atoms with E-state index < -0.39 is 11.9 Å². The topological polar surface area (TPSA) is 37.3 Å². The number of halogens is 2. The molecule has 1 fully saturated rings. The van der Waals surface area contributed by atoms with Crippen molar-refractivity contribution in [1.82, 2.24) is 0 Å². The molecular weight excluding hydrogens is 178 g/mol. The third-order valence-electron chi connectivity index (χ3n) is 2.27. The van der Waals surface area contributed by atoms with Gasteiger partial charge in [-0.15, -0.1) is 0 Å². The summed E-state index contributed by atoms with van der Waals surface area (Å²) in [7, 11) is 0. The average Bonchev–Trinajstić information content (AvgIpc) is 2.02. The van der Waals surface area contributed by atoms with E-state index in [1.807, 2.05) is 0 Å². The fourth-order valence-electron chi connectivity index (χ4n) is 1.47. The van der Waals surface area contributed by atoms with Crippen LogP contribution in [0.25, 0.3) is 0 Å². The molecule has 74 valence electrons. The van der Waals surface area contributed by atoms with E-state index in [-0.39, 0.29) is 18.8 Å². The highest BCUT2D eigenvalue weighted by Gasteiger charge is 2.33. The summed E-state index contributed by atoms with van der Waals surface area (Å²) in [5.41, 5.74) is 0. The van der Waals surface area contributed by atoms with Crippen LogP contribution in [0.3, 0.4) is 0 Å².